The largest absolute Gasteiger partial charge is 0.357 e. The van der Waals surface area contributed by atoms with Crippen molar-refractivity contribution in [3.8, 4) is 0 Å². The molecular weight excluding hydrogens is 429 g/mol. The van der Waals surface area contributed by atoms with Crippen LogP contribution in [0, 0.1) is 11.6 Å². The van der Waals surface area contributed by atoms with Gasteiger partial charge >= 0.3 is 0 Å². The van der Waals surface area contributed by atoms with Crippen LogP contribution in [0.2, 0.25) is 0 Å². The molecule has 5 nitrogen and oxygen atoms in total. The summed E-state index contributed by atoms with van der Waals surface area (Å²) in [6, 6.07) is 3.28. The summed E-state index contributed by atoms with van der Waals surface area (Å²) >= 11 is 0. The Balaban J connectivity index is 0.00000529. The van der Waals surface area contributed by atoms with Gasteiger partial charge in [0.2, 0.25) is 5.91 Å². The fourth-order valence-corrected chi connectivity index (χ4v) is 1.82. The number of nitrogens with zero attached hydrogens (tertiary/aromatic N) is 1. The minimum Gasteiger partial charge on any atom is -0.357 e. The third-order valence-electron chi connectivity index (χ3n) is 2.98. The Bertz CT molecular complexity index is 541. The number of guanidine groups is 1. The van der Waals surface area contributed by atoms with E-state index in [-0.39, 0.29) is 42.0 Å². The Hall–Kier alpha value is -1.45. The first-order valence-corrected chi connectivity index (χ1v) is 7.79. The number of carbonyl (C=O) groups is 1. The van der Waals surface area contributed by atoms with Gasteiger partial charge in [-0.3, -0.25) is 4.79 Å². The van der Waals surface area contributed by atoms with Crippen LogP contribution in [0.15, 0.2) is 23.2 Å². The van der Waals surface area contributed by atoms with E-state index in [1.807, 2.05) is 13.8 Å². The van der Waals surface area contributed by atoms with Crippen LogP contribution >= 0.6 is 24.0 Å². The lowest BCUT2D eigenvalue weighted by molar-refractivity contribution is -0.120. The maximum atomic E-state index is 13.6. The zero-order valence-corrected chi connectivity index (χ0v) is 16.3. The zero-order valence-electron chi connectivity index (χ0n) is 14.0. The second kappa shape index (κ2) is 12.9. The van der Waals surface area contributed by atoms with Crippen molar-refractivity contribution in [2.45, 2.75) is 33.2 Å². The summed E-state index contributed by atoms with van der Waals surface area (Å²) in [6.45, 7) is 5.59. The first-order valence-electron chi connectivity index (χ1n) is 7.79. The lowest BCUT2D eigenvalue weighted by Gasteiger charge is -2.11. The fraction of sp³-hybridized carbons (Fsp3) is 0.500. The average Bonchev–Trinajstić information content (AvgIpc) is 2.53. The molecule has 0 atom stereocenters. The molecule has 8 heteroatoms. The SMILES string of the molecule is CCCNC(=O)CCNC(=NCc1cc(F)ccc1F)NCC.I. The Morgan fingerprint density at radius 3 is 2.54 bits per heavy atom. The van der Waals surface area contributed by atoms with Crippen LogP contribution in [0.25, 0.3) is 0 Å². The third-order valence-corrected chi connectivity index (χ3v) is 2.98. The molecule has 1 aromatic carbocycles. The van der Waals surface area contributed by atoms with Crippen LogP contribution in [0.4, 0.5) is 8.78 Å². The average molecular weight is 454 g/mol. The van der Waals surface area contributed by atoms with Gasteiger partial charge in [0.25, 0.3) is 0 Å². The van der Waals surface area contributed by atoms with Crippen LogP contribution < -0.4 is 16.0 Å². The molecule has 0 aliphatic rings. The van der Waals surface area contributed by atoms with Gasteiger partial charge in [-0.05, 0) is 31.5 Å². The van der Waals surface area contributed by atoms with Gasteiger partial charge in [0.15, 0.2) is 5.96 Å². The normalized spacial score (nSPS) is 10.8. The molecule has 0 saturated carbocycles. The minimum absolute atomic E-state index is 0. The summed E-state index contributed by atoms with van der Waals surface area (Å²) in [5, 5.41) is 8.77. The maximum Gasteiger partial charge on any atom is 0.221 e. The molecule has 0 aliphatic carbocycles. The van der Waals surface area contributed by atoms with E-state index in [1.54, 1.807) is 0 Å². The monoisotopic (exact) mass is 454 g/mol. The minimum atomic E-state index is -0.498. The van der Waals surface area contributed by atoms with Crippen molar-refractivity contribution in [2.75, 3.05) is 19.6 Å². The topological polar surface area (TPSA) is 65.5 Å². The number of nitrogens with one attached hydrogen (secondary N) is 3. The summed E-state index contributed by atoms with van der Waals surface area (Å²) in [6.07, 6.45) is 1.21. The Labute approximate surface area is 158 Å². The number of benzene rings is 1. The predicted octanol–water partition coefficient (Wildman–Crippen LogP) is 2.55. The van der Waals surface area contributed by atoms with Crippen molar-refractivity contribution in [3.63, 3.8) is 0 Å². The first-order chi connectivity index (χ1) is 11.1. The number of halogens is 3. The predicted molar refractivity (Wildman–Crippen MR) is 103 cm³/mol. The number of amides is 1. The molecule has 0 radical (unpaired) electrons. The molecule has 0 saturated heterocycles. The van der Waals surface area contributed by atoms with Crippen LogP contribution in [0.5, 0.6) is 0 Å². The van der Waals surface area contributed by atoms with Crippen molar-refractivity contribution in [1.29, 1.82) is 0 Å². The maximum absolute atomic E-state index is 13.6. The fourth-order valence-electron chi connectivity index (χ4n) is 1.82. The first kappa shape index (κ1) is 22.6. The van der Waals surface area contributed by atoms with Crippen LogP contribution in [0.1, 0.15) is 32.3 Å². The molecule has 1 amide bonds. The highest BCUT2D eigenvalue weighted by molar-refractivity contribution is 14.0. The molecule has 0 aromatic heterocycles. The molecule has 0 aliphatic heterocycles. The van der Waals surface area contributed by atoms with E-state index in [0.29, 0.717) is 32.0 Å². The molecule has 0 spiro atoms. The zero-order chi connectivity index (χ0) is 17.1. The van der Waals surface area contributed by atoms with Gasteiger partial charge < -0.3 is 16.0 Å². The van der Waals surface area contributed by atoms with Gasteiger partial charge in [0.1, 0.15) is 11.6 Å². The number of rotatable bonds is 8. The lowest BCUT2D eigenvalue weighted by atomic mass is 10.2. The van der Waals surface area contributed by atoms with E-state index in [9.17, 15) is 13.6 Å². The van der Waals surface area contributed by atoms with Gasteiger partial charge in [-0.15, -0.1) is 24.0 Å². The van der Waals surface area contributed by atoms with E-state index >= 15 is 0 Å². The molecule has 1 aromatic rings. The van der Waals surface area contributed by atoms with E-state index in [1.165, 1.54) is 0 Å². The summed E-state index contributed by atoms with van der Waals surface area (Å²) in [5.74, 6) is -0.571. The molecule has 0 fully saturated rings. The Morgan fingerprint density at radius 1 is 1.12 bits per heavy atom. The standard InChI is InChI=1S/C16H24F2N4O.HI/c1-3-8-20-15(23)7-9-21-16(19-4-2)22-11-12-10-13(17)5-6-14(12)18;/h5-6,10H,3-4,7-9,11H2,1-2H3,(H,20,23)(H2,19,21,22);1H. The van der Waals surface area contributed by atoms with Crippen molar-refractivity contribution >= 4 is 35.8 Å². The van der Waals surface area contributed by atoms with Crippen LogP contribution in [0.3, 0.4) is 0 Å². The lowest BCUT2D eigenvalue weighted by Crippen LogP contribution is -2.39. The molecule has 0 heterocycles. The highest BCUT2D eigenvalue weighted by Gasteiger charge is 2.05. The second-order valence-electron chi connectivity index (χ2n) is 4.96. The van der Waals surface area contributed by atoms with E-state index in [2.05, 4.69) is 20.9 Å². The number of hydrogen-bond acceptors (Lipinski definition) is 2. The van der Waals surface area contributed by atoms with Crippen molar-refractivity contribution < 1.29 is 13.6 Å². The van der Waals surface area contributed by atoms with Gasteiger partial charge in [-0.2, -0.15) is 0 Å². The highest BCUT2D eigenvalue weighted by Crippen LogP contribution is 2.10. The van der Waals surface area contributed by atoms with Gasteiger partial charge in [0, 0.05) is 31.6 Å². The molecule has 24 heavy (non-hydrogen) atoms. The molecule has 0 bridgehead atoms. The number of carbonyl (C=O) groups excluding carboxylic acids is 1. The quantitative estimate of drug-likeness (QED) is 0.322. The second-order valence-corrected chi connectivity index (χ2v) is 4.96. The molecular formula is C16H25F2IN4O. The Kier molecular flexibility index (Phi) is 12.1. The van der Waals surface area contributed by atoms with Gasteiger partial charge in [-0.1, -0.05) is 6.92 Å². The number of aliphatic imine (C=N–C) groups is 1. The highest BCUT2D eigenvalue weighted by atomic mass is 127. The van der Waals surface area contributed by atoms with Crippen molar-refractivity contribution in [1.82, 2.24) is 16.0 Å². The van der Waals surface area contributed by atoms with Crippen molar-refractivity contribution in [3.05, 3.63) is 35.4 Å². The Morgan fingerprint density at radius 2 is 1.88 bits per heavy atom. The molecule has 1 rings (SSSR count). The summed E-state index contributed by atoms with van der Waals surface area (Å²) in [7, 11) is 0. The summed E-state index contributed by atoms with van der Waals surface area (Å²) in [5.41, 5.74) is 0.183. The number of hydrogen-bond donors (Lipinski definition) is 3. The third kappa shape index (κ3) is 8.99. The smallest absolute Gasteiger partial charge is 0.221 e. The van der Waals surface area contributed by atoms with E-state index < -0.39 is 11.6 Å². The molecule has 0 unspecified atom stereocenters. The molecule has 136 valence electrons. The summed E-state index contributed by atoms with van der Waals surface area (Å²) < 4.78 is 26.7. The van der Waals surface area contributed by atoms with E-state index in [4.69, 9.17) is 0 Å². The van der Waals surface area contributed by atoms with Crippen LogP contribution in [-0.4, -0.2) is 31.5 Å². The molecule has 3 N–H and O–H groups in total. The van der Waals surface area contributed by atoms with Crippen LogP contribution in [-0.2, 0) is 11.3 Å². The van der Waals surface area contributed by atoms with E-state index in [0.717, 1.165) is 24.6 Å². The van der Waals surface area contributed by atoms with Crippen molar-refractivity contribution in [2.24, 2.45) is 4.99 Å². The van der Waals surface area contributed by atoms with Gasteiger partial charge in [-0.25, -0.2) is 13.8 Å². The summed E-state index contributed by atoms with van der Waals surface area (Å²) in [4.78, 5) is 15.7. The van der Waals surface area contributed by atoms with Gasteiger partial charge in [0.05, 0.1) is 6.54 Å².